The standard InChI is InChI=1S/C47H52ClN3O6S2Si.C33H44N12O8.2CO2/c1-7-30(46(55)56)27-59-58-17-16-34(52)20-28-12-14-37-31(18-28)22-39(49-37)42(53)21-29-13-15-38-32(19-29)23-40(50-38)45(54)51-26-33(25-48)44-36-11-9-8-10-35(36)43(24-41(44)51)57-60(5,6)47(2,3)4;1-17(24(47)13-20(5-3-12-38-32(34)35)30(52)43-23(18(2)46)14-26(49)50)41-25(48)6-4-11-37-29(51)19-7-9-21(10-8-19)39-15-22-16-40-28-27(42-22)31(53)45-33(36)44-28;2*2-1-3/h8-15,18-19,22-24,30,33,49-50H,7,16-17,20-21,25-27H2,1-6H3,(H,55,56);7-10,16-17,20,23,39H,3-6,11-15H2,1-2H3,(H,37,51)(H,41,48)(H,43,52)(H,49,50)(H4,34,35,38)(H3,36,40,44,45,53);;/t30-,33?;17-,20+,23-;;/m00../s1. The minimum atomic E-state index is -2.21. The summed E-state index contributed by atoms with van der Waals surface area (Å²) in [5.41, 5.74) is 23.6. The van der Waals surface area contributed by atoms with Crippen molar-refractivity contribution < 1.29 is 81.8 Å². The zero-order valence-corrected chi connectivity index (χ0v) is 70.3. The lowest BCUT2D eigenvalue weighted by Crippen LogP contribution is -2.46. The Hall–Kier alpha value is -12.2. The van der Waals surface area contributed by atoms with Crippen LogP contribution in [-0.2, 0) is 72.1 Å². The predicted octanol–water partition coefficient (Wildman–Crippen LogP) is 9.52. The summed E-state index contributed by atoms with van der Waals surface area (Å²) in [4.78, 5) is 198. The number of carbonyl (C=O) groups is 10. The molecule has 1 aliphatic rings. The summed E-state index contributed by atoms with van der Waals surface area (Å²) in [5.74, 6) is -3.85. The molecule has 0 aliphatic carbocycles. The highest BCUT2D eigenvalue weighted by Gasteiger charge is 2.41. The molecule has 37 heteroatoms. The van der Waals surface area contributed by atoms with E-state index in [1.54, 1.807) is 24.3 Å². The van der Waals surface area contributed by atoms with Crippen LogP contribution in [0.4, 0.5) is 17.3 Å². The number of anilines is 3. The minimum Gasteiger partial charge on any atom is -0.543 e. The largest absolute Gasteiger partial charge is 0.543 e. The number of H-pyrrole nitrogens is 3. The number of nitrogen functional groups attached to an aromatic ring is 1. The Bertz CT molecular complexity index is 5350. The molecule has 5 atom stereocenters. The van der Waals surface area contributed by atoms with Gasteiger partial charge in [-0.05, 0) is 140 Å². The highest BCUT2D eigenvalue weighted by atomic mass is 35.5. The van der Waals surface area contributed by atoms with Gasteiger partial charge in [-0.25, -0.2) is 9.97 Å². The molecule has 1 unspecified atom stereocenters. The number of rotatable bonds is 38. The molecule has 0 spiro atoms. The highest BCUT2D eigenvalue weighted by molar-refractivity contribution is 8.76. The molecule has 1 aliphatic heterocycles. The fourth-order valence-corrected chi connectivity index (χ4v) is 16.3. The van der Waals surface area contributed by atoms with Crippen LogP contribution in [0.15, 0.2) is 119 Å². The molecule has 33 nitrogen and oxygen atoms in total. The second kappa shape index (κ2) is 44.4. The summed E-state index contributed by atoms with van der Waals surface area (Å²) >= 11 is 6.59. The summed E-state index contributed by atoms with van der Waals surface area (Å²) in [7, 11) is 0.830. The summed E-state index contributed by atoms with van der Waals surface area (Å²) in [6.45, 7) is 16.7. The number of fused-ring (bicyclic) bond motifs is 6. The van der Waals surface area contributed by atoms with Crippen molar-refractivity contribution in [3.05, 3.63) is 159 Å². The molecular formula is C82H96ClN15O18S2Si. The van der Waals surface area contributed by atoms with Crippen molar-refractivity contribution in [3.8, 4) is 5.75 Å². The number of aliphatic carboxylic acids is 2. The smallest absolute Gasteiger partial charge is 0.373 e. The molecule has 630 valence electrons. The number of aliphatic imine (C=N–C) groups is 1. The Labute approximate surface area is 697 Å². The second-order valence-corrected chi connectivity index (χ2v) is 37.3. The zero-order valence-electron chi connectivity index (χ0n) is 66.9. The lowest BCUT2D eigenvalue weighted by Gasteiger charge is -2.37. The number of nitrogens with two attached hydrogens (primary N) is 3. The Morgan fingerprint density at radius 3 is 2.04 bits per heavy atom. The molecule has 4 amide bonds. The number of aromatic nitrogens is 6. The monoisotopic (exact) mass is 1710 g/mol. The molecule has 0 fully saturated rings. The molecule has 5 aromatic carbocycles. The van der Waals surface area contributed by atoms with E-state index < -0.39 is 73.6 Å². The lowest BCUT2D eigenvalue weighted by atomic mass is 9.93. The molecule has 10 rings (SSSR count). The van der Waals surface area contributed by atoms with Crippen molar-refractivity contribution >= 4 is 180 Å². The predicted molar refractivity (Wildman–Crippen MR) is 454 cm³/mol. The zero-order chi connectivity index (χ0) is 87.4. The maximum absolute atomic E-state index is 14.4. The van der Waals surface area contributed by atoms with Crippen LogP contribution in [0, 0.1) is 11.8 Å². The second-order valence-electron chi connectivity index (χ2n) is 29.6. The van der Waals surface area contributed by atoms with Crippen molar-refractivity contribution in [3.63, 3.8) is 0 Å². The first-order chi connectivity index (χ1) is 56.5. The van der Waals surface area contributed by atoms with E-state index in [2.05, 4.69) is 102 Å². The number of Topliss-reactive ketones (excluding diaryl/α,β-unsaturated/α-hetero) is 4. The molecule has 15 N–H and O–H groups in total. The summed E-state index contributed by atoms with van der Waals surface area (Å²) in [6, 6.07) is 29.9. The third-order valence-electron chi connectivity index (χ3n) is 19.9. The van der Waals surface area contributed by atoms with E-state index in [1.165, 1.54) is 34.7 Å². The maximum atomic E-state index is 14.4. The number of alkyl halides is 1. The maximum Gasteiger partial charge on any atom is 0.373 e. The summed E-state index contributed by atoms with van der Waals surface area (Å²) in [5, 5.41) is 33.0. The van der Waals surface area contributed by atoms with Crippen LogP contribution < -0.4 is 53.4 Å². The van der Waals surface area contributed by atoms with E-state index in [0.717, 1.165) is 67.6 Å². The number of amides is 4. The van der Waals surface area contributed by atoms with Gasteiger partial charge in [0.1, 0.15) is 17.2 Å². The van der Waals surface area contributed by atoms with Gasteiger partial charge in [0.05, 0.1) is 54.2 Å². The molecule has 0 radical (unpaired) electrons. The number of hydrogen-bond acceptors (Lipinski definition) is 24. The van der Waals surface area contributed by atoms with Crippen LogP contribution >= 0.6 is 33.2 Å². The molecular weight excluding hydrogens is 1610 g/mol. The number of nitrogens with one attached hydrogen (secondary N) is 7. The Balaban J connectivity index is 0.000000310. The van der Waals surface area contributed by atoms with Gasteiger partial charge in [0.15, 0.2) is 34.5 Å². The number of carboxylic acid groups (broad SMARTS) is 2. The van der Waals surface area contributed by atoms with Crippen LogP contribution in [0.5, 0.6) is 5.75 Å². The van der Waals surface area contributed by atoms with Gasteiger partial charge in [-0.15, -0.1) is 11.6 Å². The van der Waals surface area contributed by atoms with Gasteiger partial charge in [-0.1, -0.05) is 85.7 Å². The Morgan fingerprint density at radius 2 is 1.43 bits per heavy atom. The molecule has 0 saturated heterocycles. The summed E-state index contributed by atoms with van der Waals surface area (Å²) in [6.07, 6.45) is 3.29. The van der Waals surface area contributed by atoms with Crippen molar-refractivity contribution in [2.75, 3.05) is 53.0 Å². The fraction of sp³-hybridized carbons (Fsp3) is 0.378. The van der Waals surface area contributed by atoms with E-state index >= 15 is 0 Å². The average molecular weight is 1710 g/mol. The number of guanidine groups is 1. The SMILES string of the molecule is CC(=O)[C@H](CC(=O)O)NC(=O)[C@H](CCCN=C(N)N)CC(=O)[C@H](C)NC(=O)CCCNC(=O)c1ccc(NCc2cnc3nc(N)[nH]c(=O)c3n2)cc1.CC[C@@H](CSSCCC(=O)Cc1ccc2[nH]c(C(=O)Cc3ccc4[nH]c(C(=O)N5CC(CCl)c6c5cc(O[Si](C)(C)C(C)(C)C)c5ccccc65)cc4c3)cc2c1)C(=O)O.O=C=O.O=C=O. The molecule has 9 aromatic rings. The number of hydrogen-bond donors (Lipinski definition) is 12. The number of carboxylic acids is 2. The number of nitrogens with zero attached hydrogens (tertiary/aromatic N) is 5. The van der Waals surface area contributed by atoms with E-state index in [4.69, 9.17) is 57.5 Å². The minimum absolute atomic E-state index is 0.00560. The van der Waals surface area contributed by atoms with Gasteiger partial charge < -0.3 is 68.0 Å². The van der Waals surface area contributed by atoms with Gasteiger partial charge in [0.2, 0.25) is 17.8 Å². The van der Waals surface area contributed by atoms with Crippen molar-refractivity contribution in [2.45, 2.75) is 148 Å². The molecule has 4 aromatic heterocycles. The highest BCUT2D eigenvalue weighted by Crippen LogP contribution is 2.48. The van der Waals surface area contributed by atoms with Crippen LogP contribution in [0.2, 0.25) is 18.1 Å². The van der Waals surface area contributed by atoms with Crippen LogP contribution in [0.1, 0.15) is 153 Å². The number of carbonyl (C=O) groups excluding carboxylic acids is 12. The van der Waals surface area contributed by atoms with E-state index in [0.29, 0.717) is 77.9 Å². The van der Waals surface area contributed by atoms with Crippen LogP contribution in [0.3, 0.4) is 0 Å². The topological polar surface area (TPSA) is 534 Å². The lowest BCUT2D eigenvalue weighted by molar-refractivity contribution is -0.193. The third kappa shape index (κ3) is 27.2. The summed E-state index contributed by atoms with van der Waals surface area (Å²) < 4.78 is 6.90. The molecule has 5 heterocycles. The fourth-order valence-electron chi connectivity index (χ4n) is 12.5. The van der Waals surface area contributed by atoms with E-state index in [9.17, 15) is 57.8 Å². The van der Waals surface area contributed by atoms with Crippen molar-refractivity contribution in [1.82, 2.24) is 45.9 Å². The first kappa shape index (κ1) is 94.0. The van der Waals surface area contributed by atoms with Gasteiger partial charge in [0, 0.05) is 125 Å². The molecule has 0 bridgehead atoms. The Kier molecular flexibility index (Phi) is 35.0. The van der Waals surface area contributed by atoms with Gasteiger partial charge in [-0.3, -0.25) is 62.7 Å². The number of benzene rings is 5. The van der Waals surface area contributed by atoms with Gasteiger partial charge >= 0.3 is 24.2 Å². The quantitative estimate of drug-likeness (QED) is 0.00326. The van der Waals surface area contributed by atoms with E-state index in [1.807, 2.05) is 78.6 Å². The third-order valence-corrected chi connectivity index (χ3v) is 27.1. The van der Waals surface area contributed by atoms with Gasteiger partial charge in [-0.2, -0.15) is 24.2 Å². The molecule has 119 heavy (non-hydrogen) atoms. The molecule has 0 saturated carbocycles. The first-order valence-electron chi connectivity index (χ1n) is 37.9. The van der Waals surface area contributed by atoms with Crippen molar-refractivity contribution in [2.24, 2.45) is 28.3 Å². The number of aromatic amines is 3. The van der Waals surface area contributed by atoms with Gasteiger partial charge in [0.25, 0.3) is 25.7 Å². The Morgan fingerprint density at radius 1 is 0.790 bits per heavy atom. The normalized spacial score (nSPS) is 13.2. The number of ketones is 4. The first-order valence-corrected chi connectivity index (χ1v) is 43.9. The van der Waals surface area contributed by atoms with E-state index in [-0.39, 0.29) is 127 Å². The number of halogens is 1. The average Bonchev–Trinajstić information content (AvgIpc) is 1.61. The van der Waals surface area contributed by atoms with Crippen molar-refractivity contribution in [1.29, 1.82) is 0 Å². The van der Waals surface area contributed by atoms with Crippen LogP contribution in [-0.4, -0.2) is 175 Å². The van der Waals surface area contributed by atoms with Crippen LogP contribution in [0.25, 0.3) is 43.7 Å².